The lowest BCUT2D eigenvalue weighted by Crippen LogP contribution is -1.84. The molecule has 0 radical (unpaired) electrons. The normalized spacial score (nSPS) is 10.3. The van der Waals surface area contributed by atoms with Gasteiger partial charge in [0.25, 0.3) is 0 Å². The third-order valence-electron chi connectivity index (χ3n) is 1.53. The molecular weight excluding hydrogens is 188 g/mol. The van der Waals surface area contributed by atoms with E-state index in [1.807, 2.05) is 19.9 Å². The van der Waals surface area contributed by atoms with E-state index in [0.717, 1.165) is 12.7 Å². The predicted molar refractivity (Wildman–Crippen MR) is 64.8 cm³/mol. The van der Waals surface area contributed by atoms with Crippen molar-refractivity contribution in [2.75, 3.05) is 0 Å². The molecule has 0 aliphatic heterocycles. The molecule has 0 amide bonds. The second-order valence-electron chi connectivity index (χ2n) is 4.44. The predicted octanol–water partition coefficient (Wildman–Crippen LogP) is 3.41. The van der Waals surface area contributed by atoms with Crippen molar-refractivity contribution in [1.82, 2.24) is 0 Å². The van der Waals surface area contributed by atoms with Crippen molar-refractivity contribution < 1.29 is 9.59 Å². The fraction of sp³-hybridized carbons (Fsp3) is 0.692. The van der Waals surface area contributed by atoms with Crippen LogP contribution in [0, 0.1) is 11.8 Å². The molecule has 0 saturated heterocycles. The molecule has 2 heteroatoms. The van der Waals surface area contributed by atoms with Gasteiger partial charge >= 0.3 is 0 Å². The van der Waals surface area contributed by atoms with Crippen molar-refractivity contribution >= 4 is 12.1 Å². The fourth-order valence-electron chi connectivity index (χ4n) is 0.699. The average Bonchev–Trinajstić information content (AvgIpc) is 2.03. The minimum absolute atomic E-state index is 0.135. The minimum atomic E-state index is 0.135. The third kappa shape index (κ3) is 24.6. The first kappa shape index (κ1) is 16.5. The molecule has 0 aromatic carbocycles. The van der Waals surface area contributed by atoms with Crippen LogP contribution >= 0.6 is 0 Å². The molecule has 0 aliphatic carbocycles. The summed E-state index contributed by atoms with van der Waals surface area (Å²) < 4.78 is 0. The molecule has 0 aliphatic rings. The molecule has 15 heavy (non-hydrogen) atoms. The fourth-order valence-corrected chi connectivity index (χ4v) is 0.699. The van der Waals surface area contributed by atoms with Crippen molar-refractivity contribution in [3.63, 3.8) is 0 Å². The van der Waals surface area contributed by atoms with Crippen LogP contribution in [0.4, 0.5) is 0 Å². The highest BCUT2D eigenvalue weighted by Crippen LogP contribution is 1.99. The molecule has 0 saturated carbocycles. The molecule has 0 rings (SSSR count). The maximum Gasteiger partial charge on any atom is 0.152 e. The van der Waals surface area contributed by atoms with Crippen LogP contribution in [0.25, 0.3) is 0 Å². The number of ketones is 1. The maximum absolute atomic E-state index is 10.3. The molecule has 0 unspecified atom stereocenters. The summed E-state index contributed by atoms with van der Waals surface area (Å²) in [6.07, 6.45) is 6.19. The summed E-state index contributed by atoms with van der Waals surface area (Å²) in [5, 5.41) is 0. The summed E-state index contributed by atoms with van der Waals surface area (Å²) in [6, 6.07) is 0. The molecule has 2 nitrogen and oxygen atoms in total. The summed E-state index contributed by atoms with van der Waals surface area (Å²) in [4.78, 5) is 20.0. The van der Waals surface area contributed by atoms with Crippen molar-refractivity contribution in [3.05, 3.63) is 12.2 Å². The second-order valence-corrected chi connectivity index (χ2v) is 4.44. The van der Waals surface area contributed by atoms with E-state index >= 15 is 0 Å². The van der Waals surface area contributed by atoms with Gasteiger partial charge in [0.05, 0.1) is 0 Å². The van der Waals surface area contributed by atoms with E-state index in [9.17, 15) is 9.59 Å². The third-order valence-corrected chi connectivity index (χ3v) is 1.53. The highest BCUT2D eigenvalue weighted by atomic mass is 16.1. The van der Waals surface area contributed by atoms with E-state index < -0.39 is 0 Å². The lowest BCUT2D eigenvalue weighted by Gasteiger charge is -1.94. The lowest BCUT2D eigenvalue weighted by atomic mass is 10.1. The molecule has 0 spiro atoms. The summed E-state index contributed by atoms with van der Waals surface area (Å²) in [6.45, 7) is 9.87. The van der Waals surface area contributed by atoms with Gasteiger partial charge in [-0.1, -0.05) is 33.8 Å². The first-order valence-corrected chi connectivity index (χ1v) is 5.50. The van der Waals surface area contributed by atoms with E-state index in [1.165, 1.54) is 0 Å². The van der Waals surface area contributed by atoms with Gasteiger partial charge < -0.3 is 4.79 Å². The van der Waals surface area contributed by atoms with E-state index in [-0.39, 0.29) is 5.78 Å². The number of hydrogen-bond donors (Lipinski definition) is 0. The van der Waals surface area contributed by atoms with Crippen LogP contribution in [0.2, 0.25) is 0 Å². The van der Waals surface area contributed by atoms with E-state index in [1.54, 1.807) is 13.0 Å². The molecule has 0 N–H and O–H groups in total. The van der Waals surface area contributed by atoms with Gasteiger partial charge in [0, 0.05) is 6.42 Å². The van der Waals surface area contributed by atoms with Crippen molar-refractivity contribution in [2.45, 2.75) is 47.5 Å². The number of aldehydes is 1. The van der Waals surface area contributed by atoms with Crippen LogP contribution in [0.15, 0.2) is 12.2 Å². The van der Waals surface area contributed by atoms with Gasteiger partial charge in [0.1, 0.15) is 6.29 Å². The number of allylic oxidation sites excluding steroid dienone is 2. The SMILES string of the molecule is CC(=O)/C=C/CC(C)C.CC(C)CC=O. The molecule has 0 atom stereocenters. The van der Waals surface area contributed by atoms with Gasteiger partial charge in [-0.2, -0.15) is 0 Å². The molecule has 88 valence electrons. The zero-order chi connectivity index (χ0) is 12.3. The Balaban J connectivity index is 0. The summed E-state index contributed by atoms with van der Waals surface area (Å²) in [5.41, 5.74) is 0. The summed E-state index contributed by atoms with van der Waals surface area (Å²) in [5.74, 6) is 1.32. The minimum Gasteiger partial charge on any atom is -0.303 e. The highest BCUT2D eigenvalue weighted by molar-refractivity contribution is 5.87. The Morgan fingerprint density at radius 1 is 1.07 bits per heavy atom. The molecular formula is C13H24O2. The lowest BCUT2D eigenvalue weighted by molar-refractivity contribution is -0.112. The molecule has 0 aromatic heterocycles. The first-order chi connectivity index (χ1) is 6.90. The Morgan fingerprint density at radius 3 is 1.73 bits per heavy atom. The number of carbonyl (C=O) groups is 2. The molecule has 0 aromatic rings. The van der Waals surface area contributed by atoms with Crippen LogP contribution in [-0.4, -0.2) is 12.1 Å². The Kier molecular flexibility index (Phi) is 12.3. The molecule has 0 heterocycles. The first-order valence-electron chi connectivity index (χ1n) is 5.50. The van der Waals surface area contributed by atoms with Crippen LogP contribution in [0.1, 0.15) is 47.5 Å². The van der Waals surface area contributed by atoms with Crippen molar-refractivity contribution in [1.29, 1.82) is 0 Å². The van der Waals surface area contributed by atoms with Gasteiger partial charge in [-0.05, 0) is 31.3 Å². The van der Waals surface area contributed by atoms with E-state index in [2.05, 4.69) is 13.8 Å². The van der Waals surface area contributed by atoms with Gasteiger partial charge in [-0.3, -0.25) is 4.79 Å². The Bertz CT molecular complexity index is 191. The Labute approximate surface area is 93.8 Å². The average molecular weight is 212 g/mol. The highest BCUT2D eigenvalue weighted by Gasteiger charge is 1.87. The molecule has 0 fully saturated rings. The quantitative estimate of drug-likeness (QED) is 0.517. The summed E-state index contributed by atoms with van der Waals surface area (Å²) >= 11 is 0. The number of hydrogen-bond acceptors (Lipinski definition) is 2. The van der Waals surface area contributed by atoms with Crippen LogP contribution in [0.5, 0.6) is 0 Å². The van der Waals surface area contributed by atoms with Gasteiger partial charge in [-0.15, -0.1) is 0 Å². The largest absolute Gasteiger partial charge is 0.303 e. The maximum atomic E-state index is 10.3. The van der Waals surface area contributed by atoms with Gasteiger partial charge in [0.2, 0.25) is 0 Å². The summed E-state index contributed by atoms with van der Waals surface area (Å²) in [7, 11) is 0. The van der Waals surface area contributed by atoms with Crippen LogP contribution in [0.3, 0.4) is 0 Å². The van der Waals surface area contributed by atoms with Crippen LogP contribution in [-0.2, 0) is 9.59 Å². The van der Waals surface area contributed by atoms with Gasteiger partial charge in [0.15, 0.2) is 5.78 Å². The monoisotopic (exact) mass is 212 g/mol. The van der Waals surface area contributed by atoms with E-state index in [4.69, 9.17) is 0 Å². The number of rotatable bonds is 5. The van der Waals surface area contributed by atoms with Crippen molar-refractivity contribution in [2.24, 2.45) is 11.8 Å². The Morgan fingerprint density at radius 2 is 1.53 bits per heavy atom. The van der Waals surface area contributed by atoms with Crippen molar-refractivity contribution in [3.8, 4) is 0 Å². The number of carbonyl (C=O) groups excluding carboxylic acids is 2. The van der Waals surface area contributed by atoms with Gasteiger partial charge in [-0.25, -0.2) is 0 Å². The Hall–Kier alpha value is -0.920. The zero-order valence-corrected chi connectivity index (χ0v) is 10.6. The molecule has 0 bridgehead atoms. The standard InChI is InChI=1S/C8H14O.C5H10O/c1-7(2)5-4-6-8(3)9;1-5(2)3-4-6/h4,6-7H,5H2,1-3H3;4-5H,3H2,1-2H3/b6-4+;. The second kappa shape index (κ2) is 11.2. The van der Waals surface area contributed by atoms with E-state index in [0.29, 0.717) is 18.3 Å². The van der Waals surface area contributed by atoms with Crippen LogP contribution < -0.4 is 0 Å². The zero-order valence-electron chi connectivity index (χ0n) is 10.6. The topological polar surface area (TPSA) is 34.1 Å². The smallest absolute Gasteiger partial charge is 0.152 e.